The van der Waals surface area contributed by atoms with E-state index in [2.05, 4.69) is 20.0 Å². The molecular weight excluding hydrogens is 399 g/mol. The molecule has 162 valence electrons. The quantitative estimate of drug-likeness (QED) is 0.658. The summed E-state index contributed by atoms with van der Waals surface area (Å²) < 4.78 is 41.0. The molecule has 1 N–H and O–H groups in total. The van der Waals surface area contributed by atoms with E-state index in [1.165, 1.54) is 12.1 Å². The van der Waals surface area contributed by atoms with Gasteiger partial charge in [-0.2, -0.15) is 13.2 Å². The fraction of sp³-hybridized carbons (Fsp3) is 0.429. The first-order valence-electron chi connectivity index (χ1n) is 9.46. The number of hydrogen-bond donors (Lipinski definition) is 1. The summed E-state index contributed by atoms with van der Waals surface area (Å²) in [6, 6.07) is 5.68. The Morgan fingerprint density at radius 2 is 1.87 bits per heavy atom. The maximum atomic E-state index is 12.4. The molecule has 9 heteroatoms. The lowest BCUT2D eigenvalue weighted by Gasteiger charge is -2.15. The number of carbonyl (C=O) groups is 2. The maximum Gasteiger partial charge on any atom is 0.422 e. The third kappa shape index (κ3) is 7.81. The minimum atomic E-state index is -4.46. The molecule has 2 aromatic heterocycles. The molecule has 0 aromatic carbocycles. The number of hydrogen-bond acceptors (Lipinski definition) is 5. The van der Waals surface area contributed by atoms with E-state index in [0.717, 1.165) is 11.8 Å². The highest BCUT2D eigenvalue weighted by Gasteiger charge is 2.28. The van der Waals surface area contributed by atoms with E-state index in [1.807, 2.05) is 13.8 Å². The van der Waals surface area contributed by atoms with Gasteiger partial charge in [0.25, 0.3) is 5.91 Å². The molecule has 1 unspecified atom stereocenters. The maximum absolute atomic E-state index is 12.4. The molecule has 30 heavy (non-hydrogen) atoms. The second kappa shape index (κ2) is 10.2. The van der Waals surface area contributed by atoms with Gasteiger partial charge in [0.1, 0.15) is 5.78 Å². The number of nitrogens with one attached hydrogen (secondary N) is 1. The molecule has 0 radical (unpaired) electrons. The number of alkyl halides is 3. The number of carbonyl (C=O) groups excluding carboxylic acids is 2. The average Bonchev–Trinajstić information content (AvgIpc) is 2.65. The standard InChI is InChI=1S/C21H24F3N3O3/c1-13(2)8-18(28)10-17-9-15(6-7-25-17)14(3)27-20(29)16-4-5-19(26-11-16)30-12-21(22,23)24/h4-7,9,11,13-14H,8,10,12H2,1-3H3,(H,27,29). The Morgan fingerprint density at radius 3 is 2.47 bits per heavy atom. The van der Waals surface area contributed by atoms with Crippen LogP contribution in [0.4, 0.5) is 13.2 Å². The number of ketones is 1. The van der Waals surface area contributed by atoms with Crippen LogP contribution in [0.15, 0.2) is 36.7 Å². The molecule has 1 atom stereocenters. The first kappa shape index (κ1) is 23.3. The minimum absolute atomic E-state index is 0.102. The number of rotatable bonds is 9. The first-order valence-corrected chi connectivity index (χ1v) is 9.46. The monoisotopic (exact) mass is 423 g/mol. The predicted octanol–water partition coefficient (Wildman–Crippen LogP) is 4.07. The van der Waals surface area contributed by atoms with Crippen LogP contribution in [-0.4, -0.2) is 34.4 Å². The number of pyridine rings is 2. The van der Waals surface area contributed by atoms with Crippen LogP contribution in [0.3, 0.4) is 0 Å². The van der Waals surface area contributed by atoms with Crippen molar-refractivity contribution in [3.8, 4) is 5.88 Å². The zero-order valence-electron chi connectivity index (χ0n) is 17.0. The van der Waals surface area contributed by atoms with Gasteiger partial charge in [-0.3, -0.25) is 14.6 Å². The van der Waals surface area contributed by atoms with Crippen LogP contribution in [0.5, 0.6) is 5.88 Å². The number of aromatic nitrogens is 2. The van der Waals surface area contributed by atoms with Crippen molar-refractivity contribution < 1.29 is 27.5 Å². The fourth-order valence-electron chi connectivity index (χ4n) is 2.71. The van der Waals surface area contributed by atoms with Gasteiger partial charge >= 0.3 is 6.18 Å². The van der Waals surface area contributed by atoms with E-state index in [-0.39, 0.29) is 35.6 Å². The molecule has 0 aliphatic carbocycles. The highest BCUT2D eigenvalue weighted by atomic mass is 19.4. The van der Waals surface area contributed by atoms with Crippen molar-refractivity contribution in [1.82, 2.24) is 15.3 Å². The molecule has 2 heterocycles. The van der Waals surface area contributed by atoms with Crippen molar-refractivity contribution in [2.24, 2.45) is 5.92 Å². The van der Waals surface area contributed by atoms with Crippen molar-refractivity contribution in [2.45, 2.75) is 45.8 Å². The molecule has 0 saturated heterocycles. The predicted molar refractivity (Wildman–Crippen MR) is 104 cm³/mol. The topological polar surface area (TPSA) is 81.2 Å². The van der Waals surface area contributed by atoms with Crippen LogP contribution in [0, 0.1) is 5.92 Å². The summed E-state index contributed by atoms with van der Waals surface area (Å²) in [6.45, 7) is 4.28. The van der Waals surface area contributed by atoms with Gasteiger partial charge in [0, 0.05) is 37.0 Å². The van der Waals surface area contributed by atoms with Crippen LogP contribution in [0.2, 0.25) is 0 Å². The van der Waals surface area contributed by atoms with E-state index in [1.54, 1.807) is 25.3 Å². The van der Waals surface area contributed by atoms with E-state index in [4.69, 9.17) is 0 Å². The molecule has 2 rings (SSSR count). The van der Waals surface area contributed by atoms with Gasteiger partial charge in [-0.25, -0.2) is 4.98 Å². The number of amides is 1. The molecule has 2 aromatic rings. The number of Topliss-reactive ketones (excluding diaryl/α,β-unsaturated/α-hetero) is 1. The van der Waals surface area contributed by atoms with Gasteiger partial charge in [0.05, 0.1) is 11.6 Å². The lowest BCUT2D eigenvalue weighted by molar-refractivity contribution is -0.154. The highest BCUT2D eigenvalue weighted by molar-refractivity contribution is 5.94. The van der Waals surface area contributed by atoms with Gasteiger partial charge in [-0.05, 0) is 36.6 Å². The largest absolute Gasteiger partial charge is 0.468 e. The number of ether oxygens (including phenoxy) is 1. The molecule has 1 amide bonds. The van der Waals surface area contributed by atoms with Crippen LogP contribution in [0.1, 0.15) is 54.8 Å². The third-order valence-corrected chi connectivity index (χ3v) is 4.08. The summed E-state index contributed by atoms with van der Waals surface area (Å²) in [5.41, 5.74) is 1.60. The van der Waals surface area contributed by atoms with E-state index in [9.17, 15) is 22.8 Å². The molecular formula is C21H24F3N3O3. The smallest absolute Gasteiger partial charge is 0.422 e. The summed E-state index contributed by atoms with van der Waals surface area (Å²) in [5, 5.41) is 2.79. The van der Waals surface area contributed by atoms with Gasteiger partial charge in [-0.15, -0.1) is 0 Å². The normalized spacial score (nSPS) is 12.5. The SMILES string of the molecule is CC(C)CC(=O)Cc1cc(C(C)NC(=O)c2ccc(OCC(F)(F)F)nc2)ccn1. The minimum Gasteiger partial charge on any atom is -0.468 e. The first-order chi connectivity index (χ1) is 14.0. The summed E-state index contributed by atoms with van der Waals surface area (Å²) >= 11 is 0. The van der Waals surface area contributed by atoms with Crippen LogP contribution in [0.25, 0.3) is 0 Å². The van der Waals surface area contributed by atoms with Crippen LogP contribution < -0.4 is 10.1 Å². The highest BCUT2D eigenvalue weighted by Crippen LogP contribution is 2.18. The summed E-state index contributed by atoms with van der Waals surface area (Å²) in [7, 11) is 0. The Labute approximate surface area is 172 Å². The van der Waals surface area contributed by atoms with Crippen molar-refractivity contribution >= 4 is 11.7 Å². The second-order valence-electron chi connectivity index (χ2n) is 7.38. The molecule has 0 spiro atoms. The van der Waals surface area contributed by atoms with E-state index >= 15 is 0 Å². The Hall–Kier alpha value is -2.97. The molecule has 0 fully saturated rings. The van der Waals surface area contributed by atoms with Gasteiger partial charge in [0.15, 0.2) is 6.61 Å². The van der Waals surface area contributed by atoms with Crippen molar-refractivity contribution in [1.29, 1.82) is 0 Å². The van der Waals surface area contributed by atoms with Crippen LogP contribution in [-0.2, 0) is 11.2 Å². The second-order valence-corrected chi connectivity index (χ2v) is 7.38. The molecule has 0 saturated carbocycles. The lowest BCUT2D eigenvalue weighted by Crippen LogP contribution is -2.27. The fourth-order valence-corrected chi connectivity index (χ4v) is 2.71. The Kier molecular flexibility index (Phi) is 7.91. The number of nitrogens with zero attached hydrogens (tertiary/aromatic N) is 2. The number of halogens is 3. The zero-order valence-corrected chi connectivity index (χ0v) is 17.0. The Morgan fingerprint density at radius 1 is 1.13 bits per heavy atom. The van der Waals surface area contributed by atoms with Crippen molar-refractivity contribution in [3.63, 3.8) is 0 Å². The Bertz CT molecular complexity index is 868. The summed E-state index contributed by atoms with van der Waals surface area (Å²) in [5.74, 6) is -0.281. The molecule has 0 aliphatic rings. The van der Waals surface area contributed by atoms with Gasteiger partial charge in [-0.1, -0.05) is 13.8 Å². The van der Waals surface area contributed by atoms with Gasteiger partial charge < -0.3 is 10.1 Å². The molecule has 0 aliphatic heterocycles. The third-order valence-electron chi connectivity index (χ3n) is 4.08. The molecule has 6 nitrogen and oxygen atoms in total. The summed E-state index contributed by atoms with van der Waals surface area (Å²) in [4.78, 5) is 32.3. The summed E-state index contributed by atoms with van der Waals surface area (Å²) in [6.07, 6.45) is -1.01. The van der Waals surface area contributed by atoms with E-state index < -0.39 is 18.7 Å². The zero-order chi connectivity index (χ0) is 22.3. The molecule has 0 bridgehead atoms. The van der Waals surface area contributed by atoms with Crippen LogP contribution >= 0.6 is 0 Å². The van der Waals surface area contributed by atoms with E-state index in [0.29, 0.717) is 12.1 Å². The average molecular weight is 423 g/mol. The van der Waals surface area contributed by atoms with Crippen molar-refractivity contribution in [2.75, 3.05) is 6.61 Å². The van der Waals surface area contributed by atoms with Crippen molar-refractivity contribution in [3.05, 3.63) is 53.5 Å². The van der Waals surface area contributed by atoms with Gasteiger partial charge in [0.2, 0.25) is 5.88 Å². The lowest BCUT2D eigenvalue weighted by atomic mass is 10.0. The Balaban J connectivity index is 1.97.